The molecule has 0 spiro atoms. The van der Waals surface area contributed by atoms with E-state index in [0.717, 1.165) is 5.56 Å². The number of nitrogens with zero attached hydrogens (tertiary/aromatic N) is 1. The van der Waals surface area contributed by atoms with Gasteiger partial charge in [-0.2, -0.15) is 0 Å². The Balaban J connectivity index is 2.03. The molecule has 2 aromatic carbocycles. The lowest BCUT2D eigenvalue weighted by Gasteiger charge is -2.28. The zero-order valence-electron chi connectivity index (χ0n) is 17.0. The summed E-state index contributed by atoms with van der Waals surface area (Å²) >= 11 is 0. The van der Waals surface area contributed by atoms with Crippen LogP contribution in [0.4, 0.5) is 5.69 Å². The molecule has 2 aromatic rings. The van der Waals surface area contributed by atoms with Crippen molar-refractivity contribution in [3.8, 4) is 11.5 Å². The summed E-state index contributed by atoms with van der Waals surface area (Å²) in [4.78, 5) is 15.0. The second-order valence-electron chi connectivity index (χ2n) is 7.22. The Bertz CT molecular complexity index is 1030. The molecule has 7 heteroatoms. The van der Waals surface area contributed by atoms with Gasteiger partial charge in [0.05, 0.1) is 26.0 Å². The molecule has 1 amide bonds. The van der Waals surface area contributed by atoms with Gasteiger partial charge in [-0.05, 0) is 47.9 Å². The molecule has 1 unspecified atom stereocenters. The molecule has 1 aliphatic heterocycles. The molecular formula is C22H25NO5S. The van der Waals surface area contributed by atoms with Crippen LogP contribution >= 0.6 is 0 Å². The molecule has 6 nitrogen and oxygen atoms in total. The third-order valence-corrected chi connectivity index (χ3v) is 6.31. The van der Waals surface area contributed by atoms with Crippen LogP contribution < -0.4 is 14.4 Å². The van der Waals surface area contributed by atoms with Crippen molar-refractivity contribution >= 4 is 21.4 Å². The van der Waals surface area contributed by atoms with Crippen molar-refractivity contribution in [2.24, 2.45) is 0 Å². The molecule has 0 radical (unpaired) electrons. The first-order chi connectivity index (χ1) is 13.8. The predicted octanol–water partition coefficient (Wildman–Crippen LogP) is 3.78. The van der Waals surface area contributed by atoms with Gasteiger partial charge in [0.25, 0.3) is 5.91 Å². The minimum Gasteiger partial charge on any atom is -0.493 e. The zero-order chi connectivity index (χ0) is 21.2. The van der Waals surface area contributed by atoms with Gasteiger partial charge in [-0.25, -0.2) is 8.42 Å². The molecule has 0 aliphatic carbocycles. The summed E-state index contributed by atoms with van der Waals surface area (Å²) in [6.07, 6.45) is 1.56. The van der Waals surface area contributed by atoms with Crippen molar-refractivity contribution in [1.29, 1.82) is 0 Å². The van der Waals surface area contributed by atoms with E-state index in [1.165, 1.54) is 24.5 Å². The van der Waals surface area contributed by atoms with Crippen LogP contribution in [-0.4, -0.2) is 40.3 Å². The minimum atomic E-state index is -3.33. The maximum atomic E-state index is 13.4. The van der Waals surface area contributed by atoms with E-state index in [4.69, 9.17) is 9.47 Å². The van der Waals surface area contributed by atoms with Crippen LogP contribution in [0.2, 0.25) is 0 Å². The summed E-state index contributed by atoms with van der Waals surface area (Å²) in [7, 11) is -0.304. The maximum absolute atomic E-state index is 13.4. The van der Waals surface area contributed by atoms with Gasteiger partial charge in [0.15, 0.2) is 21.3 Å². The number of methoxy groups -OCH3 is 2. The fraction of sp³-hybridized carbons (Fsp3) is 0.318. The zero-order valence-corrected chi connectivity index (χ0v) is 17.8. The lowest BCUT2D eigenvalue weighted by molar-refractivity contribution is 0.0982. The number of rotatable bonds is 6. The van der Waals surface area contributed by atoms with Crippen LogP contribution in [0, 0.1) is 0 Å². The fourth-order valence-electron chi connectivity index (χ4n) is 3.31. The molecule has 1 aliphatic rings. The number of hydrogen-bond acceptors (Lipinski definition) is 5. The highest BCUT2D eigenvalue weighted by atomic mass is 32.2. The van der Waals surface area contributed by atoms with Crippen LogP contribution in [0.1, 0.15) is 35.7 Å². The highest BCUT2D eigenvalue weighted by Gasteiger charge is 2.32. The van der Waals surface area contributed by atoms with Crippen LogP contribution in [0.15, 0.2) is 53.9 Å². The van der Waals surface area contributed by atoms with Crippen molar-refractivity contribution in [2.75, 3.05) is 24.9 Å². The second kappa shape index (κ2) is 8.29. The molecular weight excluding hydrogens is 390 g/mol. The van der Waals surface area contributed by atoms with Gasteiger partial charge in [0.2, 0.25) is 0 Å². The average molecular weight is 416 g/mol. The largest absolute Gasteiger partial charge is 0.493 e. The minimum absolute atomic E-state index is 0.141. The molecule has 0 fully saturated rings. The van der Waals surface area contributed by atoms with Gasteiger partial charge >= 0.3 is 0 Å². The van der Waals surface area contributed by atoms with Gasteiger partial charge < -0.3 is 14.4 Å². The second-order valence-corrected chi connectivity index (χ2v) is 9.15. The number of hydrogen-bond donors (Lipinski definition) is 0. The van der Waals surface area contributed by atoms with Crippen molar-refractivity contribution in [3.63, 3.8) is 0 Å². The number of sulfone groups is 1. The van der Waals surface area contributed by atoms with Crippen molar-refractivity contribution in [3.05, 3.63) is 65.1 Å². The third-order valence-electron chi connectivity index (χ3n) is 4.93. The van der Waals surface area contributed by atoms with Crippen molar-refractivity contribution in [1.82, 2.24) is 0 Å². The number of carbonyl (C=O) groups is 1. The molecule has 0 bridgehead atoms. The topological polar surface area (TPSA) is 72.9 Å². The smallest absolute Gasteiger partial charge is 0.258 e. The fourth-order valence-corrected chi connectivity index (χ4v) is 4.58. The molecule has 1 heterocycles. The van der Waals surface area contributed by atoms with E-state index in [2.05, 4.69) is 13.8 Å². The van der Waals surface area contributed by atoms with E-state index in [-0.39, 0.29) is 11.7 Å². The SMILES string of the molecule is COc1ccc(C(=O)N(c2ccc(C(C)C)cc2)C2C=CS(=O)(=O)C2)cc1OC. The van der Waals surface area contributed by atoms with Crippen molar-refractivity contribution < 1.29 is 22.7 Å². The normalized spacial score (nSPS) is 17.3. The number of ether oxygens (including phenoxy) is 2. The first-order valence-corrected chi connectivity index (χ1v) is 11.0. The lowest BCUT2D eigenvalue weighted by Crippen LogP contribution is -2.41. The van der Waals surface area contributed by atoms with Crippen molar-refractivity contribution in [2.45, 2.75) is 25.8 Å². The highest BCUT2D eigenvalue weighted by molar-refractivity contribution is 7.94. The monoisotopic (exact) mass is 415 g/mol. The van der Waals surface area contributed by atoms with E-state index in [0.29, 0.717) is 28.7 Å². The van der Waals surface area contributed by atoms with Crippen LogP contribution in [0.25, 0.3) is 0 Å². The van der Waals surface area contributed by atoms with E-state index in [1.54, 1.807) is 24.3 Å². The van der Waals surface area contributed by atoms with Crippen LogP contribution in [0.3, 0.4) is 0 Å². The van der Waals surface area contributed by atoms with E-state index >= 15 is 0 Å². The Morgan fingerprint density at radius 3 is 2.21 bits per heavy atom. The van der Waals surface area contributed by atoms with Crippen LogP contribution in [0.5, 0.6) is 11.5 Å². The van der Waals surface area contributed by atoms with E-state index < -0.39 is 15.9 Å². The molecule has 29 heavy (non-hydrogen) atoms. The van der Waals surface area contributed by atoms with Gasteiger partial charge in [0, 0.05) is 16.7 Å². The third kappa shape index (κ3) is 4.45. The van der Waals surface area contributed by atoms with Gasteiger partial charge in [-0.15, -0.1) is 0 Å². The summed E-state index contributed by atoms with van der Waals surface area (Å²) < 4.78 is 34.5. The lowest BCUT2D eigenvalue weighted by atomic mass is 10.0. The van der Waals surface area contributed by atoms with Gasteiger partial charge in [-0.1, -0.05) is 26.0 Å². The van der Waals surface area contributed by atoms with E-state index in [9.17, 15) is 13.2 Å². The summed E-state index contributed by atoms with van der Waals surface area (Å²) in [6.45, 7) is 4.18. The quantitative estimate of drug-likeness (QED) is 0.718. The molecule has 0 N–H and O–H groups in total. The summed E-state index contributed by atoms with van der Waals surface area (Å²) in [6, 6.07) is 12.0. The molecule has 0 aromatic heterocycles. The Morgan fingerprint density at radius 2 is 1.69 bits per heavy atom. The highest BCUT2D eigenvalue weighted by Crippen LogP contribution is 2.31. The van der Waals surface area contributed by atoms with Gasteiger partial charge in [-0.3, -0.25) is 4.79 Å². The molecule has 154 valence electrons. The Morgan fingerprint density at radius 1 is 1.03 bits per heavy atom. The molecule has 0 saturated heterocycles. The molecule has 3 rings (SSSR count). The first-order valence-electron chi connectivity index (χ1n) is 9.32. The standard InChI is InChI=1S/C22H25NO5S/c1-15(2)16-5-8-18(9-6-16)23(19-11-12-29(25,26)14-19)22(24)17-7-10-20(27-3)21(13-17)28-4/h5-13,15,19H,14H2,1-4H3. The van der Waals surface area contributed by atoms with Crippen LogP contribution in [-0.2, 0) is 9.84 Å². The van der Waals surface area contributed by atoms with E-state index in [1.807, 2.05) is 24.3 Å². The Hall–Kier alpha value is -2.80. The predicted molar refractivity (Wildman–Crippen MR) is 114 cm³/mol. The number of benzene rings is 2. The molecule has 0 saturated carbocycles. The molecule has 1 atom stereocenters. The first kappa shape index (κ1) is 20.9. The Labute approximate surface area is 171 Å². The Kier molecular flexibility index (Phi) is 5.98. The maximum Gasteiger partial charge on any atom is 0.258 e. The number of anilines is 1. The number of carbonyl (C=O) groups excluding carboxylic acids is 1. The average Bonchev–Trinajstić information content (AvgIpc) is 3.07. The summed E-state index contributed by atoms with van der Waals surface area (Å²) in [5.74, 6) is 0.849. The number of amides is 1. The summed E-state index contributed by atoms with van der Waals surface area (Å²) in [5, 5.41) is 1.18. The summed E-state index contributed by atoms with van der Waals surface area (Å²) in [5.41, 5.74) is 2.16. The van der Waals surface area contributed by atoms with Gasteiger partial charge in [0.1, 0.15) is 0 Å².